The number of halogens is 1. The van der Waals surface area contributed by atoms with Crippen molar-refractivity contribution in [3.8, 4) is 0 Å². The summed E-state index contributed by atoms with van der Waals surface area (Å²) in [7, 11) is 1.52. The van der Waals surface area contributed by atoms with Gasteiger partial charge in [0.2, 0.25) is 5.91 Å². The summed E-state index contributed by atoms with van der Waals surface area (Å²) in [6, 6.07) is 3.69. The Morgan fingerprint density at radius 2 is 1.94 bits per heavy atom. The molecular formula is C21H26ClN5O4S. The van der Waals surface area contributed by atoms with Crippen LogP contribution in [0.1, 0.15) is 32.5 Å². The molecular weight excluding hydrogens is 454 g/mol. The fourth-order valence-corrected chi connectivity index (χ4v) is 4.71. The average molecular weight is 480 g/mol. The molecule has 0 unspecified atom stereocenters. The van der Waals surface area contributed by atoms with Gasteiger partial charge in [-0.25, -0.2) is 9.78 Å². The molecule has 1 aliphatic heterocycles. The molecule has 172 valence electrons. The lowest BCUT2D eigenvalue weighted by Gasteiger charge is -2.34. The van der Waals surface area contributed by atoms with Gasteiger partial charge in [0.1, 0.15) is 10.8 Å². The lowest BCUT2D eigenvalue weighted by molar-refractivity contribution is -0.117. The highest BCUT2D eigenvalue weighted by molar-refractivity contribution is 7.18. The molecule has 0 aliphatic carbocycles. The van der Waals surface area contributed by atoms with Crippen molar-refractivity contribution in [2.24, 2.45) is 0 Å². The number of carbonyl (C=O) groups excluding carboxylic acids is 3. The number of anilines is 2. The molecule has 1 saturated heterocycles. The Labute approximate surface area is 195 Å². The molecule has 32 heavy (non-hydrogen) atoms. The van der Waals surface area contributed by atoms with Crippen molar-refractivity contribution in [2.45, 2.75) is 13.8 Å². The number of nitrogens with zero attached hydrogens (tertiary/aromatic N) is 3. The average Bonchev–Trinajstić information content (AvgIpc) is 3.10. The van der Waals surface area contributed by atoms with Crippen LogP contribution in [0.5, 0.6) is 0 Å². The van der Waals surface area contributed by atoms with E-state index in [4.69, 9.17) is 16.3 Å². The van der Waals surface area contributed by atoms with Gasteiger partial charge in [-0.1, -0.05) is 11.6 Å². The molecule has 0 bridgehead atoms. The van der Waals surface area contributed by atoms with Gasteiger partial charge in [-0.15, -0.1) is 11.3 Å². The van der Waals surface area contributed by atoms with Crippen LogP contribution >= 0.6 is 22.9 Å². The number of thiophene rings is 1. The summed E-state index contributed by atoms with van der Waals surface area (Å²) >= 11 is 6.97. The van der Waals surface area contributed by atoms with Crippen LogP contribution in [0.15, 0.2) is 18.3 Å². The first-order chi connectivity index (χ1) is 15.3. The van der Waals surface area contributed by atoms with E-state index in [1.807, 2.05) is 11.0 Å². The van der Waals surface area contributed by atoms with E-state index < -0.39 is 5.97 Å². The number of aromatic nitrogens is 1. The van der Waals surface area contributed by atoms with Crippen molar-refractivity contribution in [3.05, 3.63) is 39.4 Å². The van der Waals surface area contributed by atoms with Crippen LogP contribution in [0.3, 0.4) is 0 Å². The number of ether oxygens (including phenoxy) is 1. The number of amides is 2. The van der Waals surface area contributed by atoms with Crippen molar-refractivity contribution in [2.75, 3.05) is 56.6 Å². The minimum atomic E-state index is -0.559. The lowest BCUT2D eigenvalue weighted by atomic mass is 10.1. The largest absolute Gasteiger partial charge is 0.462 e. The van der Waals surface area contributed by atoms with Gasteiger partial charge in [0.05, 0.1) is 28.6 Å². The lowest BCUT2D eigenvalue weighted by Crippen LogP contribution is -2.48. The quantitative estimate of drug-likeness (QED) is 0.587. The maximum absolute atomic E-state index is 12.7. The molecule has 9 nitrogen and oxygen atoms in total. The van der Waals surface area contributed by atoms with E-state index in [1.54, 1.807) is 26.1 Å². The maximum Gasteiger partial charge on any atom is 0.341 e. The number of carbonyl (C=O) groups is 3. The number of esters is 1. The Morgan fingerprint density at radius 3 is 2.53 bits per heavy atom. The normalized spacial score (nSPS) is 14.2. The summed E-state index contributed by atoms with van der Waals surface area (Å²) in [5.74, 6) is -0.270. The zero-order chi connectivity index (χ0) is 23.3. The van der Waals surface area contributed by atoms with Crippen LogP contribution in [0, 0.1) is 6.92 Å². The van der Waals surface area contributed by atoms with Gasteiger partial charge in [0.25, 0.3) is 5.91 Å². The standard InChI is InChI=1S/C21H26ClN5O4S/c1-4-31-21(30)17-13(2)18(19(29)23-3)32-20(17)25-16(28)12-26-7-9-27(10-8-26)15-6-5-14(22)11-24-15/h5-6,11H,4,7-10,12H2,1-3H3,(H,23,29)(H,25,28). The summed E-state index contributed by atoms with van der Waals surface area (Å²) in [6.45, 7) is 6.60. The van der Waals surface area contributed by atoms with Crippen LogP contribution in [0.25, 0.3) is 0 Å². The second kappa shape index (κ2) is 10.8. The zero-order valence-corrected chi connectivity index (χ0v) is 19.8. The van der Waals surface area contributed by atoms with Crippen molar-refractivity contribution in [1.29, 1.82) is 0 Å². The first-order valence-corrected chi connectivity index (χ1v) is 11.4. The second-order valence-corrected chi connectivity index (χ2v) is 8.66. The van der Waals surface area contributed by atoms with Crippen molar-refractivity contribution < 1.29 is 19.1 Å². The summed E-state index contributed by atoms with van der Waals surface area (Å²) in [6.07, 6.45) is 1.62. The van der Waals surface area contributed by atoms with Gasteiger partial charge in [-0.2, -0.15) is 0 Å². The zero-order valence-electron chi connectivity index (χ0n) is 18.2. The van der Waals surface area contributed by atoms with Gasteiger partial charge in [-0.05, 0) is 31.5 Å². The highest BCUT2D eigenvalue weighted by atomic mass is 35.5. The van der Waals surface area contributed by atoms with E-state index in [9.17, 15) is 14.4 Å². The van der Waals surface area contributed by atoms with Crippen LogP contribution in [0.4, 0.5) is 10.8 Å². The Kier molecular flexibility index (Phi) is 8.05. The third-order valence-electron chi connectivity index (χ3n) is 5.09. The Balaban J connectivity index is 1.64. The number of rotatable bonds is 7. The van der Waals surface area contributed by atoms with Crippen LogP contribution in [-0.4, -0.2) is 74.0 Å². The molecule has 11 heteroatoms. The van der Waals surface area contributed by atoms with Crippen LogP contribution in [-0.2, 0) is 9.53 Å². The fraction of sp³-hybridized carbons (Fsp3) is 0.429. The van der Waals surface area contributed by atoms with E-state index in [-0.39, 0.29) is 30.5 Å². The van der Waals surface area contributed by atoms with Crippen LogP contribution < -0.4 is 15.5 Å². The molecule has 1 aliphatic rings. The highest BCUT2D eigenvalue weighted by Gasteiger charge is 2.27. The second-order valence-electron chi connectivity index (χ2n) is 7.21. The van der Waals surface area contributed by atoms with Crippen molar-refractivity contribution >= 4 is 51.5 Å². The smallest absolute Gasteiger partial charge is 0.341 e. The van der Waals surface area contributed by atoms with Gasteiger partial charge in [0.15, 0.2) is 0 Å². The number of piperazine rings is 1. The molecule has 0 radical (unpaired) electrons. The highest BCUT2D eigenvalue weighted by Crippen LogP contribution is 2.33. The predicted molar refractivity (Wildman–Crippen MR) is 125 cm³/mol. The molecule has 0 saturated carbocycles. The van der Waals surface area contributed by atoms with Crippen LogP contribution in [0.2, 0.25) is 5.02 Å². The molecule has 2 aromatic rings. The Hall–Kier alpha value is -2.69. The van der Waals surface area contributed by atoms with Crippen molar-refractivity contribution in [3.63, 3.8) is 0 Å². The Bertz CT molecular complexity index is 987. The minimum absolute atomic E-state index is 0.177. The number of hydrogen-bond acceptors (Lipinski definition) is 8. The van der Waals surface area contributed by atoms with Crippen molar-refractivity contribution in [1.82, 2.24) is 15.2 Å². The topological polar surface area (TPSA) is 104 Å². The van der Waals surface area contributed by atoms with Gasteiger partial charge >= 0.3 is 5.97 Å². The molecule has 0 spiro atoms. The van der Waals surface area contributed by atoms with E-state index >= 15 is 0 Å². The molecule has 2 aromatic heterocycles. The predicted octanol–water partition coefficient (Wildman–Crippen LogP) is 2.40. The van der Waals surface area contributed by atoms with Gasteiger partial charge in [0, 0.05) is 39.4 Å². The van der Waals surface area contributed by atoms with Gasteiger partial charge < -0.3 is 20.3 Å². The van der Waals surface area contributed by atoms with E-state index in [0.717, 1.165) is 30.2 Å². The van der Waals surface area contributed by atoms with E-state index in [2.05, 4.69) is 20.5 Å². The summed E-state index contributed by atoms with van der Waals surface area (Å²) in [5.41, 5.74) is 0.717. The minimum Gasteiger partial charge on any atom is -0.462 e. The number of hydrogen-bond donors (Lipinski definition) is 2. The SMILES string of the molecule is CCOC(=O)c1c(NC(=O)CN2CCN(c3ccc(Cl)cn3)CC2)sc(C(=O)NC)c1C. The number of nitrogens with one attached hydrogen (secondary N) is 2. The molecule has 3 rings (SSSR count). The summed E-state index contributed by atoms with van der Waals surface area (Å²) in [5, 5.41) is 6.28. The molecule has 0 aromatic carbocycles. The summed E-state index contributed by atoms with van der Waals surface area (Å²) in [4.78, 5) is 46.2. The third kappa shape index (κ3) is 5.56. The van der Waals surface area contributed by atoms with E-state index in [1.165, 1.54) is 7.05 Å². The molecule has 3 heterocycles. The third-order valence-corrected chi connectivity index (χ3v) is 6.52. The first-order valence-electron chi connectivity index (χ1n) is 10.2. The monoisotopic (exact) mass is 479 g/mol. The summed E-state index contributed by atoms with van der Waals surface area (Å²) < 4.78 is 5.12. The van der Waals surface area contributed by atoms with E-state index in [0.29, 0.717) is 33.6 Å². The number of pyridine rings is 1. The molecule has 2 N–H and O–H groups in total. The molecule has 2 amide bonds. The fourth-order valence-electron chi connectivity index (χ4n) is 3.44. The maximum atomic E-state index is 12.7. The van der Waals surface area contributed by atoms with Gasteiger partial charge in [-0.3, -0.25) is 14.5 Å². The first kappa shape index (κ1) is 24.0. The Morgan fingerprint density at radius 1 is 1.22 bits per heavy atom. The molecule has 0 atom stereocenters. The molecule has 1 fully saturated rings.